The molecule has 27 heavy (non-hydrogen) atoms. The molecule has 0 unspecified atom stereocenters. The lowest BCUT2D eigenvalue weighted by atomic mass is 10.1. The molecule has 2 aliphatic rings. The SMILES string of the molecule is Cc1cc(N2CCN(C)CC2)ccc1NC(=O)C1=Cc2ccccc2OC1. The minimum atomic E-state index is -0.111. The molecule has 1 N–H and O–H groups in total. The van der Waals surface area contributed by atoms with Crippen molar-refractivity contribution in [1.29, 1.82) is 0 Å². The molecule has 5 nitrogen and oxygen atoms in total. The molecule has 140 valence electrons. The molecule has 0 saturated carbocycles. The van der Waals surface area contributed by atoms with E-state index in [4.69, 9.17) is 4.74 Å². The van der Waals surface area contributed by atoms with Crippen molar-refractivity contribution in [3.05, 3.63) is 59.2 Å². The van der Waals surface area contributed by atoms with Crippen LogP contribution in [-0.2, 0) is 4.79 Å². The van der Waals surface area contributed by atoms with Crippen LogP contribution in [0.1, 0.15) is 11.1 Å². The Morgan fingerprint density at radius 1 is 1.07 bits per heavy atom. The number of carbonyl (C=O) groups excluding carboxylic acids is 1. The predicted molar refractivity (Wildman–Crippen MR) is 109 cm³/mol. The van der Waals surface area contributed by atoms with Crippen molar-refractivity contribution < 1.29 is 9.53 Å². The number of hydrogen-bond donors (Lipinski definition) is 1. The van der Waals surface area contributed by atoms with Crippen molar-refractivity contribution in [2.75, 3.05) is 50.1 Å². The first kappa shape index (κ1) is 17.6. The summed E-state index contributed by atoms with van der Waals surface area (Å²) in [6.45, 7) is 6.55. The van der Waals surface area contributed by atoms with Gasteiger partial charge in [-0.2, -0.15) is 0 Å². The summed E-state index contributed by atoms with van der Waals surface area (Å²) in [5.41, 5.74) is 4.70. The van der Waals surface area contributed by atoms with E-state index in [1.54, 1.807) is 0 Å². The number of amides is 1. The Morgan fingerprint density at radius 2 is 1.85 bits per heavy atom. The van der Waals surface area contributed by atoms with E-state index < -0.39 is 0 Å². The summed E-state index contributed by atoms with van der Waals surface area (Å²) in [7, 11) is 2.16. The Bertz CT molecular complexity index is 883. The van der Waals surface area contributed by atoms with E-state index in [0.29, 0.717) is 12.2 Å². The summed E-state index contributed by atoms with van der Waals surface area (Å²) in [5, 5.41) is 3.03. The fourth-order valence-electron chi connectivity index (χ4n) is 3.50. The van der Waals surface area contributed by atoms with Gasteiger partial charge in [-0.25, -0.2) is 0 Å². The molecule has 2 aromatic rings. The van der Waals surface area contributed by atoms with Gasteiger partial charge in [-0.15, -0.1) is 0 Å². The number of anilines is 2. The number of carbonyl (C=O) groups is 1. The topological polar surface area (TPSA) is 44.8 Å². The van der Waals surface area contributed by atoms with Crippen molar-refractivity contribution in [3.8, 4) is 5.75 Å². The van der Waals surface area contributed by atoms with Crippen LogP contribution in [0, 0.1) is 6.92 Å². The van der Waals surface area contributed by atoms with Crippen molar-refractivity contribution in [2.45, 2.75) is 6.92 Å². The molecule has 0 aromatic heterocycles. The van der Waals surface area contributed by atoms with Crippen LogP contribution in [0.2, 0.25) is 0 Å². The molecule has 2 aromatic carbocycles. The molecule has 2 heterocycles. The molecular weight excluding hydrogens is 338 g/mol. The van der Waals surface area contributed by atoms with Crippen LogP contribution in [0.15, 0.2) is 48.0 Å². The maximum absolute atomic E-state index is 12.7. The van der Waals surface area contributed by atoms with Gasteiger partial charge in [0.25, 0.3) is 5.91 Å². The van der Waals surface area contributed by atoms with Crippen LogP contribution in [0.3, 0.4) is 0 Å². The minimum absolute atomic E-state index is 0.111. The van der Waals surface area contributed by atoms with Crippen molar-refractivity contribution >= 4 is 23.4 Å². The lowest BCUT2D eigenvalue weighted by Crippen LogP contribution is -2.44. The second kappa shape index (κ2) is 7.45. The quantitative estimate of drug-likeness (QED) is 0.910. The summed E-state index contributed by atoms with van der Waals surface area (Å²) >= 11 is 0. The van der Waals surface area contributed by atoms with Gasteiger partial charge in [0.1, 0.15) is 12.4 Å². The third-order valence-electron chi connectivity index (χ3n) is 5.25. The molecule has 0 radical (unpaired) electrons. The van der Waals surface area contributed by atoms with Gasteiger partial charge in [-0.1, -0.05) is 18.2 Å². The molecular formula is C22H25N3O2. The zero-order chi connectivity index (χ0) is 18.8. The number of hydrogen-bond acceptors (Lipinski definition) is 4. The largest absolute Gasteiger partial charge is 0.488 e. The number of ether oxygens (including phenoxy) is 1. The fraction of sp³-hybridized carbons (Fsp3) is 0.318. The molecule has 1 saturated heterocycles. The van der Waals surface area contributed by atoms with Crippen molar-refractivity contribution in [3.63, 3.8) is 0 Å². The summed E-state index contributed by atoms with van der Waals surface area (Å²) < 4.78 is 5.69. The van der Waals surface area contributed by atoms with E-state index in [1.807, 2.05) is 43.3 Å². The maximum Gasteiger partial charge on any atom is 0.255 e. The third-order valence-corrected chi connectivity index (χ3v) is 5.25. The highest BCUT2D eigenvalue weighted by molar-refractivity contribution is 6.07. The number of nitrogens with one attached hydrogen (secondary N) is 1. The fourth-order valence-corrected chi connectivity index (χ4v) is 3.50. The smallest absolute Gasteiger partial charge is 0.255 e. The molecule has 1 fully saturated rings. The first-order chi connectivity index (χ1) is 13.1. The number of para-hydroxylation sites is 1. The normalized spacial score (nSPS) is 17.0. The van der Waals surface area contributed by atoms with Crippen LogP contribution in [-0.4, -0.2) is 50.6 Å². The zero-order valence-corrected chi connectivity index (χ0v) is 15.9. The number of likely N-dealkylation sites (N-methyl/N-ethyl adjacent to an activating group) is 1. The zero-order valence-electron chi connectivity index (χ0n) is 15.9. The number of benzene rings is 2. The maximum atomic E-state index is 12.7. The Hall–Kier alpha value is -2.79. The second-order valence-electron chi connectivity index (χ2n) is 7.24. The highest BCUT2D eigenvalue weighted by Gasteiger charge is 2.19. The molecule has 0 atom stereocenters. The van der Waals surface area contributed by atoms with Gasteiger partial charge in [0.05, 0.1) is 5.57 Å². The third kappa shape index (κ3) is 3.83. The first-order valence-corrected chi connectivity index (χ1v) is 9.38. The van der Waals surface area contributed by atoms with E-state index >= 15 is 0 Å². The van der Waals surface area contributed by atoms with E-state index in [-0.39, 0.29) is 5.91 Å². The van der Waals surface area contributed by atoms with Gasteiger partial charge in [-0.05, 0) is 49.9 Å². The standard InChI is InChI=1S/C22H25N3O2/c1-16-13-19(25-11-9-24(2)10-12-25)7-8-20(16)23-22(26)18-14-17-5-3-4-6-21(17)27-15-18/h3-8,13-14H,9-12,15H2,1-2H3,(H,23,26). The molecule has 0 spiro atoms. The monoisotopic (exact) mass is 363 g/mol. The molecule has 0 bridgehead atoms. The highest BCUT2D eigenvalue weighted by atomic mass is 16.5. The molecule has 5 heteroatoms. The van der Waals surface area contributed by atoms with Crippen LogP contribution in [0.4, 0.5) is 11.4 Å². The van der Waals surface area contributed by atoms with Gasteiger partial charge in [0, 0.05) is 43.1 Å². The average Bonchev–Trinajstić information content (AvgIpc) is 2.69. The molecule has 2 aliphatic heterocycles. The van der Waals surface area contributed by atoms with E-state index in [1.165, 1.54) is 5.69 Å². The number of aryl methyl sites for hydroxylation is 1. The molecule has 4 rings (SSSR count). The predicted octanol–water partition coefficient (Wildman–Crippen LogP) is 3.16. The Morgan fingerprint density at radius 3 is 2.63 bits per heavy atom. The summed E-state index contributed by atoms with van der Waals surface area (Å²) in [4.78, 5) is 17.4. The van der Waals surface area contributed by atoms with Crippen LogP contribution < -0.4 is 15.0 Å². The molecule has 0 aliphatic carbocycles. The first-order valence-electron chi connectivity index (χ1n) is 9.38. The van der Waals surface area contributed by atoms with E-state index in [2.05, 4.69) is 34.3 Å². The minimum Gasteiger partial charge on any atom is -0.488 e. The Balaban J connectivity index is 1.47. The van der Waals surface area contributed by atoms with Gasteiger partial charge in [0.2, 0.25) is 0 Å². The summed E-state index contributed by atoms with van der Waals surface area (Å²) in [6.07, 6.45) is 1.90. The van der Waals surface area contributed by atoms with E-state index in [0.717, 1.165) is 48.7 Å². The van der Waals surface area contributed by atoms with Gasteiger partial charge in [-0.3, -0.25) is 4.79 Å². The summed E-state index contributed by atoms with van der Waals surface area (Å²) in [6, 6.07) is 14.0. The van der Waals surface area contributed by atoms with Gasteiger partial charge in [0.15, 0.2) is 0 Å². The lowest BCUT2D eigenvalue weighted by Gasteiger charge is -2.34. The van der Waals surface area contributed by atoms with E-state index in [9.17, 15) is 4.79 Å². The highest BCUT2D eigenvalue weighted by Crippen LogP contribution is 2.27. The van der Waals surface area contributed by atoms with Crippen LogP contribution >= 0.6 is 0 Å². The lowest BCUT2D eigenvalue weighted by molar-refractivity contribution is -0.113. The Labute approximate surface area is 160 Å². The number of nitrogens with zero attached hydrogens (tertiary/aromatic N) is 2. The summed E-state index contributed by atoms with van der Waals surface area (Å²) in [5.74, 6) is 0.710. The van der Waals surface area contributed by atoms with Crippen molar-refractivity contribution in [1.82, 2.24) is 4.90 Å². The van der Waals surface area contributed by atoms with Crippen molar-refractivity contribution in [2.24, 2.45) is 0 Å². The van der Waals surface area contributed by atoms with Gasteiger partial charge >= 0.3 is 0 Å². The number of rotatable bonds is 3. The average molecular weight is 363 g/mol. The van der Waals surface area contributed by atoms with Gasteiger partial charge < -0.3 is 19.9 Å². The molecule has 1 amide bonds. The number of piperazine rings is 1. The Kier molecular flexibility index (Phi) is 4.86. The second-order valence-corrected chi connectivity index (χ2v) is 7.24. The van der Waals surface area contributed by atoms with Crippen LogP contribution in [0.5, 0.6) is 5.75 Å². The number of fused-ring (bicyclic) bond motifs is 1. The van der Waals surface area contributed by atoms with Crippen LogP contribution in [0.25, 0.3) is 6.08 Å².